The van der Waals surface area contributed by atoms with Crippen molar-refractivity contribution < 1.29 is 24.0 Å². The minimum atomic E-state index is -1.70. The van der Waals surface area contributed by atoms with Gasteiger partial charge in [-0.3, -0.25) is 9.59 Å². The van der Waals surface area contributed by atoms with Crippen molar-refractivity contribution in [1.29, 1.82) is 0 Å². The van der Waals surface area contributed by atoms with Crippen molar-refractivity contribution in [3.63, 3.8) is 0 Å². The van der Waals surface area contributed by atoms with Crippen LogP contribution in [0.4, 0.5) is 10.1 Å². The second-order valence-corrected chi connectivity index (χ2v) is 8.88. The summed E-state index contributed by atoms with van der Waals surface area (Å²) in [4.78, 5) is 28.0. The molecular formula is C24H31BFN3O4. The first-order chi connectivity index (χ1) is 15.7. The molecule has 0 aromatic heterocycles. The number of nitrogens with zero attached hydrogens (tertiary/aromatic N) is 1. The van der Waals surface area contributed by atoms with Gasteiger partial charge >= 0.3 is 7.12 Å². The van der Waals surface area contributed by atoms with E-state index < -0.39 is 31.1 Å². The molecule has 0 aliphatic carbocycles. The molecule has 1 fully saturated rings. The third-order valence-electron chi connectivity index (χ3n) is 5.81. The number of hydrogen-bond acceptors (Lipinski definition) is 5. The zero-order chi connectivity index (χ0) is 24.0. The summed E-state index contributed by atoms with van der Waals surface area (Å²) in [5.41, 5.74) is 1.61. The Balaban J connectivity index is 1.72. The average Bonchev–Trinajstić information content (AvgIpc) is 2.74. The molecule has 0 radical (unpaired) electrons. The van der Waals surface area contributed by atoms with Crippen molar-refractivity contribution in [2.75, 3.05) is 11.4 Å². The minimum absolute atomic E-state index is 0.138. The Morgan fingerprint density at radius 3 is 2.30 bits per heavy atom. The van der Waals surface area contributed by atoms with Gasteiger partial charge in [-0.05, 0) is 48.6 Å². The minimum Gasteiger partial charge on any atom is -0.426 e. The Hall–Kier alpha value is -2.91. The number of nitrogens with one attached hydrogen (secondary N) is 2. The Bertz CT molecular complexity index is 927. The molecule has 1 heterocycles. The molecule has 7 nitrogen and oxygen atoms in total. The lowest BCUT2D eigenvalue weighted by atomic mass is 9.75. The van der Waals surface area contributed by atoms with E-state index in [0.717, 1.165) is 11.3 Å². The third-order valence-corrected chi connectivity index (χ3v) is 5.81. The Morgan fingerprint density at radius 2 is 1.76 bits per heavy atom. The van der Waals surface area contributed by atoms with E-state index in [4.69, 9.17) is 0 Å². The maximum Gasteiger partial charge on any atom is 0.475 e. The SMILES string of the molecule is CC(C)CC(NC(=O)[C@H](Cc1ccccc1)NC(=O)[C@@H]1CCN1c1ccc(F)cc1)B(O)O. The van der Waals surface area contributed by atoms with Gasteiger partial charge in [0.15, 0.2) is 0 Å². The van der Waals surface area contributed by atoms with Crippen molar-refractivity contribution in [2.24, 2.45) is 5.92 Å². The van der Waals surface area contributed by atoms with E-state index in [0.29, 0.717) is 19.4 Å². The Morgan fingerprint density at radius 1 is 1.09 bits per heavy atom. The van der Waals surface area contributed by atoms with Gasteiger partial charge in [0.05, 0.1) is 5.94 Å². The highest BCUT2D eigenvalue weighted by Crippen LogP contribution is 2.27. The fourth-order valence-corrected chi connectivity index (χ4v) is 3.97. The smallest absolute Gasteiger partial charge is 0.426 e. The Kier molecular flexibility index (Phi) is 8.46. The van der Waals surface area contributed by atoms with Crippen LogP contribution in [0, 0.1) is 11.7 Å². The van der Waals surface area contributed by atoms with E-state index in [-0.39, 0.29) is 24.1 Å². The van der Waals surface area contributed by atoms with Crippen LogP contribution in [0.15, 0.2) is 54.6 Å². The normalized spacial score (nSPS) is 17.2. The van der Waals surface area contributed by atoms with Crippen molar-refractivity contribution in [3.8, 4) is 0 Å². The lowest BCUT2D eigenvalue weighted by molar-refractivity contribution is -0.130. The Labute approximate surface area is 194 Å². The maximum atomic E-state index is 13.3. The number of hydrogen-bond donors (Lipinski definition) is 4. The molecule has 1 aliphatic rings. The van der Waals surface area contributed by atoms with Gasteiger partial charge in [0, 0.05) is 18.7 Å². The number of amides is 2. The quantitative estimate of drug-likeness (QED) is 0.409. The summed E-state index contributed by atoms with van der Waals surface area (Å²) in [6.07, 6.45) is 1.27. The van der Waals surface area contributed by atoms with E-state index >= 15 is 0 Å². The van der Waals surface area contributed by atoms with Crippen molar-refractivity contribution in [3.05, 3.63) is 66.0 Å². The summed E-state index contributed by atoms with van der Waals surface area (Å²) >= 11 is 0. The molecule has 1 unspecified atom stereocenters. The van der Waals surface area contributed by atoms with Crippen LogP contribution in [0.5, 0.6) is 0 Å². The molecule has 0 saturated carbocycles. The van der Waals surface area contributed by atoms with Crippen LogP contribution in [0.1, 0.15) is 32.3 Å². The molecule has 2 aromatic rings. The number of benzene rings is 2. The number of carbonyl (C=O) groups is 2. The maximum absolute atomic E-state index is 13.3. The first-order valence-electron chi connectivity index (χ1n) is 11.3. The predicted octanol–water partition coefficient (Wildman–Crippen LogP) is 1.67. The van der Waals surface area contributed by atoms with Crippen LogP contribution in [0.3, 0.4) is 0 Å². The summed E-state index contributed by atoms with van der Waals surface area (Å²) in [6, 6.07) is 13.9. The van der Waals surface area contributed by atoms with Gasteiger partial charge in [0.1, 0.15) is 17.9 Å². The summed E-state index contributed by atoms with van der Waals surface area (Å²) < 4.78 is 13.3. The van der Waals surface area contributed by atoms with Crippen LogP contribution >= 0.6 is 0 Å². The highest BCUT2D eigenvalue weighted by Gasteiger charge is 2.37. The second kappa shape index (κ2) is 11.3. The summed E-state index contributed by atoms with van der Waals surface area (Å²) in [5.74, 6) is -1.82. The van der Waals surface area contributed by atoms with E-state index in [2.05, 4.69) is 10.6 Å². The third kappa shape index (κ3) is 6.79. The molecule has 176 valence electrons. The van der Waals surface area contributed by atoms with Gasteiger partial charge in [-0.2, -0.15) is 0 Å². The monoisotopic (exact) mass is 455 g/mol. The molecule has 2 amide bonds. The molecule has 4 N–H and O–H groups in total. The number of rotatable bonds is 10. The van der Waals surface area contributed by atoms with Gasteiger partial charge in [-0.15, -0.1) is 0 Å². The molecule has 0 bridgehead atoms. The molecule has 1 saturated heterocycles. The van der Waals surface area contributed by atoms with Crippen LogP contribution in [-0.4, -0.2) is 53.6 Å². The number of carbonyl (C=O) groups excluding carboxylic acids is 2. The first-order valence-corrected chi connectivity index (χ1v) is 11.3. The summed E-state index contributed by atoms with van der Waals surface area (Å²) in [5, 5.41) is 24.9. The predicted molar refractivity (Wildman–Crippen MR) is 126 cm³/mol. The van der Waals surface area contributed by atoms with Crippen LogP contribution in [0.2, 0.25) is 0 Å². The molecule has 3 rings (SSSR count). The lowest BCUT2D eigenvalue weighted by Crippen LogP contribution is -2.61. The van der Waals surface area contributed by atoms with Crippen molar-refractivity contribution in [1.82, 2.24) is 10.6 Å². The molecule has 3 atom stereocenters. The largest absolute Gasteiger partial charge is 0.475 e. The van der Waals surface area contributed by atoms with Gasteiger partial charge in [-0.1, -0.05) is 44.2 Å². The first kappa shape index (κ1) is 24.7. The van der Waals surface area contributed by atoms with E-state index in [1.807, 2.05) is 49.1 Å². The zero-order valence-electron chi connectivity index (χ0n) is 18.9. The fraction of sp³-hybridized carbons (Fsp3) is 0.417. The fourth-order valence-electron chi connectivity index (χ4n) is 3.97. The molecular weight excluding hydrogens is 424 g/mol. The molecule has 2 aromatic carbocycles. The molecule has 9 heteroatoms. The average molecular weight is 455 g/mol. The van der Waals surface area contributed by atoms with E-state index in [1.165, 1.54) is 12.1 Å². The van der Waals surface area contributed by atoms with Gasteiger partial charge < -0.3 is 25.6 Å². The number of halogens is 1. The molecule has 0 spiro atoms. The van der Waals surface area contributed by atoms with Crippen LogP contribution in [0.25, 0.3) is 0 Å². The summed E-state index contributed by atoms with van der Waals surface area (Å²) in [6.45, 7) is 4.50. The van der Waals surface area contributed by atoms with Crippen LogP contribution in [-0.2, 0) is 16.0 Å². The molecule has 1 aliphatic heterocycles. The lowest BCUT2D eigenvalue weighted by Gasteiger charge is -2.42. The van der Waals surface area contributed by atoms with Crippen LogP contribution < -0.4 is 15.5 Å². The topological polar surface area (TPSA) is 102 Å². The second-order valence-electron chi connectivity index (χ2n) is 8.88. The standard InChI is InChI=1S/C24H31BFN3O4/c1-16(2)14-22(25(32)33)28-23(30)20(15-17-6-4-3-5-7-17)27-24(31)21-12-13-29(21)19-10-8-18(26)9-11-19/h3-11,16,20-22,32-33H,12-15H2,1-2H3,(H,27,31)(H,28,30)/t20-,21-,22?/m0/s1. The van der Waals surface area contributed by atoms with Crippen molar-refractivity contribution in [2.45, 2.75) is 51.1 Å². The molecule has 33 heavy (non-hydrogen) atoms. The van der Waals surface area contributed by atoms with Gasteiger partial charge in [0.2, 0.25) is 11.8 Å². The zero-order valence-corrected chi connectivity index (χ0v) is 18.9. The van der Waals surface area contributed by atoms with Gasteiger partial charge in [0.25, 0.3) is 0 Å². The van der Waals surface area contributed by atoms with Crippen molar-refractivity contribution >= 4 is 24.6 Å². The summed E-state index contributed by atoms with van der Waals surface area (Å²) in [7, 11) is -1.70. The van der Waals surface area contributed by atoms with Gasteiger partial charge in [-0.25, -0.2) is 4.39 Å². The van der Waals surface area contributed by atoms with E-state index in [9.17, 15) is 24.0 Å². The highest BCUT2D eigenvalue weighted by molar-refractivity contribution is 6.43. The highest BCUT2D eigenvalue weighted by atomic mass is 19.1. The van der Waals surface area contributed by atoms with E-state index in [1.54, 1.807) is 12.1 Å². The number of anilines is 1.